The minimum Gasteiger partial charge on any atom is -0.208 e. The quantitative estimate of drug-likeness (QED) is 0.160. The Kier molecular flexibility index (Phi) is 9.74. The number of aromatic nitrogens is 3. The van der Waals surface area contributed by atoms with Crippen LogP contribution in [0.3, 0.4) is 0 Å². The lowest BCUT2D eigenvalue weighted by atomic mass is 9.55. The first-order valence-corrected chi connectivity index (χ1v) is 24.2. The molecule has 0 fully saturated rings. The zero-order valence-electron chi connectivity index (χ0n) is 39.0. The molecule has 70 heavy (non-hydrogen) atoms. The Morgan fingerprint density at radius 2 is 0.543 bits per heavy atom. The monoisotopic (exact) mass is 893 g/mol. The summed E-state index contributed by atoms with van der Waals surface area (Å²) in [5.74, 6) is 1.83. The molecule has 1 heterocycles. The van der Waals surface area contributed by atoms with E-state index in [0.717, 1.165) is 61.2 Å². The molecule has 0 atom stereocenters. The van der Waals surface area contributed by atoms with E-state index in [1.165, 1.54) is 44.5 Å². The van der Waals surface area contributed by atoms with Gasteiger partial charge in [0.25, 0.3) is 0 Å². The van der Waals surface area contributed by atoms with Gasteiger partial charge in [-0.05, 0) is 131 Å². The molecule has 10 aromatic carbocycles. The van der Waals surface area contributed by atoms with E-state index in [0.29, 0.717) is 17.5 Å². The van der Waals surface area contributed by atoms with Crippen molar-refractivity contribution in [2.45, 2.75) is 24.7 Å². The van der Waals surface area contributed by atoms with E-state index in [1.54, 1.807) is 0 Å². The van der Waals surface area contributed by atoms with Crippen LogP contribution < -0.4 is 0 Å². The van der Waals surface area contributed by atoms with Crippen molar-refractivity contribution in [2.75, 3.05) is 0 Å². The summed E-state index contributed by atoms with van der Waals surface area (Å²) < 4.78 is 0. The van der Waals surface area contributed by atoms with E-state index in [2.05, 4.69) is 263 Å². The summed E-state index contributed by atoms with van der Waals surface area (Å²) in [4.78, 5) is 16.5. The second-order valence-electron chi connectivity index (χ2n) is 19.1. The van der Waals surface area contributed by atoms with Crippen molar-refractivity contribution in [3.63, 3.8) is 0 Å². The molecular formula is C67H47N3. The highest BCUT2D eigenvalue weighted by atomic mass is 15.0. The van der Waals surface area contributed by atoms with Crippen molar-refractivity contribution in [3.05, 3.63) is 282 Å². The molecule has 1 spiro atoms. The minimum absolute atomic E-state index is 0.203. The molecule has 0 saturated carbocycles. The topological polar surface area (TPSA) is 38.7 Å². The van der Waals surface area contributed by atoms with Crippen molar-refractivity contribution < 1.29 is 0 Å². The van der Waals surface area contributed by atoms with E-state index < -0.39 is 5.41 Å². The fourth-order valence-corrected chi connectivity index (χ4v) is 11.5. The Labute approximate surface area is 409 Å². The van der Waals surface area contributed by atoms with Crippen LogP contribution in [0.2, 0.25) is 0 Å². The van der Waals surface area contributed by atoms with E-state index in [4.69, 9.17) is 15.0 Å². The van der Waals surface area contributed by atoms with E-state index in [9.17, 15) is 0 Å². The lowest BCUT2D eigenvalue weighted by molar-refractivity contribution is 0.563. The van der Waals surface area contributed by atoms with Gasteiger partial charge in [0.1, 0.15) is 0 Å². The van der Waals surface area contributed by atoms with Crippen LogP contribution >= 0.6 is 0 Å². The molecule has 0 amide bonds. The van der Waals surface area contributed by atoms with E-state index in [-0.39, 0.29) is 5.41 Å². The lowest BCUT2D eigenvalue weighted by Gasteiger charge is -2.46. The normalized spacial score (nSPS) is 13.5. The maximum absolute atomic E-state index is 5.53. The van der Waals surface area contributed by atoms with Crippen LogP contribution in [-0.4, -0.2) is 15.0 Å². The molecule has 0 radical (unpaired) electrons. The third kappa shape index (κ3) is 6.69. The van der Waals surface area contributed by atoms with Crippen molar-refractivity contribution in [1.29, 1.82) is 0 Å². The van der Waals surface area contributed by atoms with Crippen LogP contribution in [0, 0.1) is 0 Å². The molecule has 3 heteroatoms. The molecule has 3 nitrogen and oxygen atoms in total. The van der Waals surface area contributed by atoms with Crippen LogP contribution in [0.5, 0.6) is 0 Å². The second-order valence-corrected chi connectivity index (χ2v) is 19.1. The smallest absolute Gasteiger partial charge is 0.164 e. The van der Waals surface area contributed by atoms with Gasteiger partial charge >= 0.3 is 0 Å². The fraction of sp³-hybridized carbons (Fsp3) is 0.0597. The summed E-state index contributed by atoms with van der Waals surface area (Å²) in [5.41, 5.74) is 21.2. The molecule has 0 N–H and O–H groups in total. The molecule has 11 aromatic rings. The SMILES string of the molecule is CC1(C)c2ccccc2C2(c3ccccc3-c3ccc(-c4nc(-c5cc(-c6ccccc6)cc(-c6ccccc6)c5)nc(-c5cc(-c6ccccc6)cc(-c6ccccc6)c5)n4)cc32)c2ccccc21. The van der Waals surface area contributed by atoms with Crippen molar-refractivity contribution >= 4 is 0 Å². The summed E-state index contributed by atoms with van der Waals surface area (Å²) >= 11 is 0. The number of benzene rings is 10. The highest BCUT2D eigenvalue weighted by molar-refractivity contribution is 5.90. The van der Waals surface area contributed by atoms with Gasteiger partial charge in [-0.1, -0.05) is 220 Å². The Bertz CT molecular complexity index is 3470. The van der Waals surface area contributed by atoms with Gasteiger partial charge in [-0.3, -0.25) is 0 Å². The average molecular weight is 894 g/mol. The predicted octanol–water partition coefficient (Wildman–Crippen LogP) is 16.5. The third-order valence-electron chi connectivity index (χ3n) is 14.8. The van der Waals surface area contributed by atoms with Crippen LogP contribution in [-0.2, 0) is 10.8 Å². The highest BCUT2D eigenvalue weighted by Gasteiger charge is 2.53. The zero-order chi connectivity index (χ0) is 46.8. The predicted molar refractivity (Wildman–Crippen MR) is 287 cm³/mol. The van der Waals surface area contributed by atoms with E-state index in [1.807, 2.05) is 0 Å². The van der Waals surface area contributed by atoms with Crippen molar-refractivity contribution in [1.82, 2.24) is 15.0 Å². The van der Waals surface area contributed by atoms with Crippen LogP contribution in [0.15, 0.2) is 249 Å². The van der Waals surface area contributed by atoms with Gasteiger partial charge in [0.2, 0.25) is 0 Å². The highest BCUT2D eigenvalue weighted by Crippen LogP contribution is 2.62. The fourth-order valence-electron chi connectivity index (χ4n) is 11.5. The molecule has 1 aromatic heterocycles. The summed E-state index contributed by atoms with van der Waals surface area (Å²) in [5, 5.41) is 0. The van der Waals surface area contributed by atoms with Crippen LogP contribution in [0.25, 0.3) is 89.8 Å². The second kappa shape index (κ2) is 16.5. The first kappa shape index (κ1) is 41.4. The van der Waals surface area contributed by atoms with Gasteiger partial charge in [0.15, 0.2) is 17.5 Å². The van der Waals surface area contributed by atoms with Gasteiger partial charge < -0.3 is 0 Å². The summed E-state index contributed by atoms with van der Waals surface area (Å²) in [6, 6.07) is 89.9. The van der Waals surface area contributed by atoms with Crippen LogP contribution in [0.1, 0.15) is 47.2 Å². The molecule has 0 unspecified atom stereocenters. The summed E-state index contributed by atoms with van der Waals surface area (Å²) in [6.07, 6.45) is 0. The number of fused-ring (bicyclic) bond motifs is 9. The summed E-state index contributed by atoms with van der Waals surface area (Å²) in [6.45, 7) is 4.74. The van der Waals surface area contributed by atoms with Gasteiger partial charge in [-0.2, -0.15) is 0 Å². The average Bonchev–Trinajstić information content (AvgIpc) is 3.73. The summed E-state index contributed by atoms with van der Waals surface area (Å²) in [7, 11) is 0. The van der Waals surface area contributed by atoms with Gasteiger partial charge in [0.05, 0.1) is 5.41 Å². The largest absolute Gasteiger partial charge is 0.208 e. The molecule has 0 bridgehead atoms. The Morgan fingerprint density at radius 3 is 0.957 bits per heavy atom. The van der Waals surface area contributed by atoms with E-state index >= 15 is 0 Å². The van der Waals surface area contributed by atoms with Gasteiger partial charge in [0, 0.05) is 22.1 Å². The number of rotatable bonds is 7. The van der Waals surface area contributed by atoms with Crippen molar-refractivity contribution in [3.8, 4) is 89.8 Å². The van der Waals surface area contributed by atoms with Crippen LogP contribution in [0.4, 0.5) is 0 Å². The number of hydrogen-bond donors (Lipinski definition) is 0. The first-order valence-electron chi connectivity index (χ1n) is 24.2. The Morgan fingerprint density at radius 1 is 0.229 bits per heavy atom. The molecule has 13 rings (SSSR count). The number of hydrogen-bond acceptors (Lipinski definition) is 3. The molecule has 2 aliphatic rings. The first-order chi connectivity index (χ1) is 34.4. The molecule has 2 aliphatic carbocycles. The molecule has 0 saturated heterocycles. The molecule has 0 aliphatic heterocycles. The maximum Gasteiger partial charge on any atom is 0.164 e. The maximum atomic E-state index is 5.53. The third-order valence-corrected chi connectivity index (χ3v) is 14.8. The standard InChI is InChI=1S/C67H47N3/c1-66(2)58-31-17-19-33-60(58)67(61-34-20-18-32-59(61)66)57-30-16-15-29-55(57)56-36-35-48(43-62(56)67)63-68-64(53-39-49(44-21-7-3-8-22-44)37-50(40-53)45-23-9-4-10-24-45)70-65(69-63)54-41-51(46-25-11-5-12-26-46)38-52(42-54)47-27-13-6-14-28-47/h3-43H,1-2H3. The van der Waals surface area contributed by atoms with Gasteiger partial charge in [-0.25, -0.2) is 15.0 Å². The van der Waals surface area contributed by atoms with Crippen molar-refractivity contribution in [2.24, 2.45) is 0 Å². The Hall–Kier alpha value is -8.79. The molecule has 330 valence electrons. The zero-order valence-corrected chi connectivity index (χ0v) is 39.0. The Balaban J connectivity index is 1.08. The number of nitrogens with zero attached hydrogens (tertiary/aromatic N) is 3. The molecular weight excluding hydrogens is 847 g/mol. The van der Waals surface area contributed by atoms with Gasteiger partial charge in [-0.15, -0.1) is 0 Å². The minimum atomic E-state index is -0.563. The lowest BCUT2D eigenvalue weighted by Crippen LogP contribution is -2.40.